The van der Waals surface area contributed by atoms with E-state index in [4.69, 9.17) is 9.08 Å². The number of carbonyl (C=O) groups is 2. The number of hydrogen-bond donors (Lipinski definition) is 3. The number of benzene rings is 6. The Morgan fingerprint density at radius 2 is 1.38 bits per heavy atom. The number of anilines is 3. The molecule has 2 fully saturated rings. The van der Waals surface area contributed by atoms with E-state index in [-0.39, 0.29) is 35.5 Å². The van der Waals surface area contributed by atoms with Gasteiger partial charge in [-0.1, -0.05) is 142 Å². The Morgan fingerprint density at radius 1 is 0.781 bits per heavy atom. The molecule has 6 aromatic rings. The molecule has 2 amide bonds. The number of allylic oxidation sites excluding steroid dienone is 1. The van der Waals surface area contributed by atoms with Crippen LogP contribution in [0.4, 0.5) is 17.1 Å². The molecule has 9 rings (SSSR count). The summed E-state index contributed by atoms with van der Waals surface area (Å²) in [5.74, 6) is -1.91. The van der Waals surface area contributed by atoms with E-state index in [0.717, 1.165) is 54.8 Å². The number of para-hydroxylation sites is 1. The lowest BCUT2D eigenvalue weighted by molar-refractivity contribution is -0.122. The smallest absolute Gasteiger partial charge is 0.455 e. The Labute approximate surface area is 377 Å². The van der Waals surface area contributed by atoms with Crippen LogP contribution in [0.3, 0.4) is 0 Å². The SMILES string of the molecule is C/C(=C\c1ccc(O)c2ccccc12)CC[C@H]1OB(O)C[C@H]2C1=C(CO[Si](c1ccccc1)(c1ccccc1)C(C)(C)C)C[C@H]1C(=O)N(c3ccc(Nc4ccccc4)cc3)C(=O)[C@H]12. The minimum Gasteiger partial charge on any atom is -0.507 e. The fraction of sp³-hybridized carbons (Fsp3) is 0.259. The average Bonchev–Trinajstić information content (AvgIpc) is 3.55. The zero-order valence-corrected chi connectivity index (χ0v) is 37.9. The molecular formula is C54H55BN2O6Si. The van der Waals surface area contributed by atoms with Crippen LogP contribution in [0.2, 0.25) is 11.4 Å². The van der Waals surface area contributed by atoms with Crippen LogP contribution in [0, 0.1) is 17.8 Å². The van der Waals surface area contributed by atoms with Gasteiger partial charge in [0, 0.05) is 16.8 Å². The molecule has 0 radical (unpaired) electrons. The molecule has 3 aliphatic rings. The second-order valence-corrected chi connectivity index (χ2v) is 22.9. The Bertz CT molecular complexity index is 2680. The minimum absolute atomic E-state index is 0.205. The predicted molar refractivity (Wildman–Crippen MR) is 260 cm³/mol. The predicted octanol–water partition coefficient (Wildman–Crippen LogP) is 10.1. The van der Waals surface area contributed by atoms with E-state index < -0.39 is 39.3 Å². The van der Waals surface area contributed by atoms with Crippen molar-refractivity contribution in [3.8, 4) is 5.75 Å². The molecule has 4 atom stereocenters. The van der Waals surface area contributed by atoms with Crippen LogP contribution < -0.4 is 20.6 Å². The van der Waals surface area contributed by atoms with Crippen LogP contribution in [-0.4, -0.2) is 50.1 Å². The summed E-state index contributed by atoms with van der Waals surface area (Å²) < 4.78 is 14.1. The van der Waals surface area contributed by atoms with E-state index in [1.807, 2.05) is 97.1 Å². The third kappa shape index (κ3) is 8.16. The van der Waals surface area contributed by atoms with Crippen molar-refractivity contribution in [3.05, 3.63) is 174 Å². The molecule has 0 saturated carbocycles. The summed E-state index contributed by atoms with van der Waals surface area (Å²) in [6.07, 6.45) is 3.41. The van der Waals surface area contributed by atoms with E-state index in [9.17, 15) is 19.7 Å². The highest BCUT2D eigenvalue weighted by Crippen LogP contribution is 2.52. The van der Waals surface area contributed by atoms with Crippen molar-refractivity contribution in [1.82, 2.24) is 0 Å². The quantitative estimate of drug-likeness (QED) is 0.0639. The lowest BCUT2D eigenvalue weighted by Crippen LogP contribution is -2.66. The van der Waals surface area contributed by atoms with E-state index >= 15 is 0 Å². The van der Waals surface area contributed by atoms with Gasteiger partial charge < -0.3 is 24.5 Å². The van der Waals surface area contributed by atoms with Gasteiger partial charge >= 0.3 is 7.12 Å². The highest BCUT2D eigenvalue weighted by molar-refractivity contribution is 6.99. The molecule has 64 heavy (non-hydrogen) atoms. The maximum Gasteiger partial charge on any atom is 0.455 e. The van der Waals surface area contributed by atoms with Crippen molar-refractivity contribution in [2.24, 2.45) is 17.8 Å². The van der Waals surface area contributed by atoms with E-state index in [2.05, 4.69) is 87.6 Å². The fourth-order valence-electron chi connectivity index (χ4n) is 10.6. The zero-order valence-electron chi connectivity index (χ0n) is 36.9. The first-order chi connectivity index (χ1) is 30.9. The van der Waals surface area contributed by atoms with Crippen LogP contribution in [0.1, 0.15) is 52.5 Å². The highest BCUT2D eigenvalue weighted by atomic mass is 28.4. The summed E-state index contributed by atoms with van der Waals surface area (Å²) in [4.78, 5) is 30.9. The van der Waals surface area contributed by atoms with Gasteiger partial charge in [0.15, 0.2) is 0 Å². The molecule has 8 nitrogen and oxygen atoms in total. The van der Waals surface area contributed by atoms with Crippen molar-refractivity contribution in [2.75, 3.05) is 16.8 Å². The summed E-state index contributed by atoms with van der Waals surface area (Å²) in [6, 6.07) is 49.8. The summed E-state index contributed by atoms with van der Waals surface area (Å²) in [5, 5.41) is 29.2. The summed E-state index contributed by atoms with van der Waals surface area (Å²) in [7, 11) is -4.12. The molecule has 1 aliphatic carbocycles. The van der Waals surface area contributed by atoms with Gasteiger partial charge in [0.25, 0.3) is 8.32 Å². The summed E-state index contributed by atoms with van der Waals surface area (Å²) >= 11 is 0. The average molecular weight is 867 g/mol. The number of rotatable bonds is 12. The number of nitrogens with one attached hydrogen (secondary N) is 1. The van der Waals surface area contributed by atoms with E-state index in [1.54, 1.807) is 6.07 Å². The topological polar surface area (TPSA) is 108 Å². The lowest BCUT2D eigenvalue weighted by atomic mass is 9.58. The van der Waals surface area contributed by atoms with Crippen molar-refractivity contribution >= 4 is 71.5 Å². The van der Waals surface area contributed by atoms with Gasteiger partial charge in [-0.2, -0.15) is 0 Å². The number of carbonyl (C=O) groups excluding carboxylic acids is 2. The molecule has 3 N–H and O–H groups in total. The van der Waals surface area contributed by atoms with E-state index in [1.165, 1.54) is 4.90 Å². The first-order valence-electron chi connectivity index (χ1n) is 22.4. The highest BCUT2D eigenvalue weighted by Gasteiger charge is 2.58. The van der Waals surface area contributed by atoms with Gasteiger partial charge in [-0.3, -0.25) is 14.5 Å². The molecule has 0 spiro atoms. The molecule has 2 aliphatic heterocycles. The first-order valence-corrected chi connectivity index (χ1v) is 24.3. The number of imide groups is 1. The normalized spacial score (nSPS) is 20.4. The molecular weight excluding hydrogens is 811 g/mol. The standard InChI is InChI=1S/C54H55BN2O6Si/c1-36(32-37-25-30-48(58)45-23-15-14-22-44(37)45)24-31-49-50-38(35-62-64(54(2,3)4,42-18-10-6-11-19-42)43-20-12-7-13-21-43)33-46-51(47(50)34-55(61)63-49)53(60)57(52(46)59)41-28-26-40(27-29-41)56-39-16-8-5-9-17-39/h5-23,25-30,32,46-47,49,51,56,58,61H,24,31,33-35H2,1-4H3/b36-32+/t46-,47+,49-,51-/m1/s1. The molecule has 2 saturated heterocycles. The van der Waals surface area contributed by atoms with Crippen LogP contribution in [0.25, 0.3) is 16.8 Å². The van der Waals surface area contributed by atoms with Crippen molar-refractivity contribution in [3.63, 3.8) is 0 Å². The van der Waals surface area contributed by atoms with Gasteiger partial charge in [-0.05, 0) is 118 Å². The zero-order chi connectivity index (χ0) is 44.6. The number of amides is 2. The molecule has 10 heteroatoms. The first kappa shape index (κ1) is 43.2. The molecule has 0 bridgehead atoms. The maximum atomic E-state index is 14.8. The van der Waals surface area contributed by atoms with Gasteiger partial charge in [0.05, 0.1) is 30.2 Å². The maximum absolute atomic E-state index is 14.8. The third-order valence-electron chi connectivity index (χ3n) is 13.5. The fourth-order valence-corrected chi connectivity index (χ4v) is 15.2. The van der Waals surface area contributed by atoms with Crippen LogP contribution >= 0.6 is 0 Å². The van der Waals surface area contributed by atoms with Gasteiger partial charge in [-0.25, -0.2) is 0 Å². The summed E-state index contributed by atoms with van der Waals surface area (Å²) in [5.41, 5.74) is 6.39. The monoisotopic (exact) mass is 866 g/mol. The third-order valence-corrected chi connectivity index (χ3v) is 18.5. The Morgan fingerprint density at radius 3 is 2.02 bits per heavy atom. The molecule has 324 valence electrons. The van der Waals surface area contributed by atoms with Crippen molar-refractivity contribution in [2.45, 2.75) is 64.4 Å². The van der Waals surface area contributed by atoms with Crippen LogP contribution in [0.15, 0.2) is 168 Å². The molecule has 6 aromatic carbocycles. The van der Waals surface area contributed by atoms with Crippen LogP contribution in [0.5, 0.6) is 5.75 Å². The van der Waals surface area contributed by atoms with Gasteiger partial charge in [-0.15, -0.1) is 0 Å². The number of fused-ring (bicyclic) bond motifs is 4. The Kier molecular flexibility index (Phi) is 12.1. The largest absolute Gasteiger partial charge is 0.507 e. The van der Waals surface area contributed by atoms with Gasteiger partial charge in [0.2, 0.25) is 11.8 Å². The van der Waals surface area contributed by atoms with Crippen molar-refractivity contribution < 1.29 is 28.8 Å². The molecule has 2 heterocycles. The van der Waals surface area contributed by atoms with Crippen molar-refractivity contribution in [1.29, 1.82) is 0 Å². The second kappa shape index (κ2) is 17.9. The molecule has 0 unspecified atom stereocenters. The summed E-state index contributed by atoms with van der Waals surface area (Å²) in [6.45, 7) is 9.11. The number of aromatic hydroxyl groups is 1. The minimum atomic E-state index is -3.02. The number of hydrogen-bond acceptors (Lipinski definition) is 7. The van der Waals surface area contributed by atoms with E-state index in [0.29, 0.717) is 24.9 Å². The van der Waals surface area contributed by atoms with Gasteiger partial charge in [0.1, 0.15) is 5.75 Å². The van der Waals surface area contributed by atoms with Crippen LogP contribution in [-0.2, 0) is 18.7 Å². The number of phenols is 1. The number of phenolic OH excluding ortho intramolecular Hbond substituents is 1. The Balaban J connectivity index is 1.08. The lowest BCUT2D eigenvalue weighted by Gasteiger charge is -2.46. The Hall–Kier alpha value is -6.04. The second-order valence-electron chi connectivity index (χ2n) is 18.6. The molecule has 0 aromatic heterocycles. The number of nitrogens with zero attached hydrogens (tertiary/aromatic N) is 1.